The first-order chi connectivity index (χ1) is 6.94. The second-order valence-electron chi connectivity index (χ2n) is 5.81. The third kappa shape index (κ3) is 3.28. The summed E-state index contributed by atoms with van der Waals surface area (Å²) in [5.74, 6) is 0. The van der Waals surface area contributed by atoms with Crippen LogP contribution in [0.5, 0.6) is 0 Å². The van der Waals surface area contributed by atoms with Crippen molar-refractivity contribution in [3.05, 3.63) is 0 Å². The van der Waals surface area contributed by atoms with Crippen molar-refractivity contribution in [1.82, 2.24) is 4.90 Å². The monoisotopic (exact) mass is 251 g/mol. The molecule has 1 fully saturated rings. The van der Waals surface area contributed by atoms with E-state index >= 15 is 0 Å². The molecule has 0 radical (unpaired) electrons. The molecule has 0 saturated carbocycles. The van der Waals surface area contributed by atoms with Crippen LogP contribution in [0.2, 0.25) is 0 Å². The zero-order valence-electron chi connectivity index (χ0n) is 10.6. The lowest BCUT2D eigenvalue weighted by Gasteiger charge is -2.53. The van der Waals surface area contributed by atoms with E-state index in [1.54, 1.807) is 0 Å². The van der Waals surface area contributed by atoms with Gasteiger partial charge in [0, 0.05) is 11.1 Å². The predicted molar refractivity (Wildman–Crippen MR) is 62.1 cm³/mol. The van der Waals surface area contributed by atoms with E-state index < -0.39 is 7.82 Å². The highest BCUT2D eigenvalue weighted by molar-refractivity contribution is 7.46. The highest BCUT2D eigenvalue weighted by Crippen LogP contribution is 2.45. The number of rotatable bonds is 2. The summed E-state index contributed by atoms with van der Waals surface area (Å²) in [6.45, 7) is 8.24. The third-order valence-electron chi connectivity index (χ3n) is 3.56. The van der Waals surface area contributed by atoms with E-state index in [1.807, 2.05) is 7.05 Å². The number of piperidine rings is 1. The molecule has 0 unspecified atom stereocenters. The Labute approximate surface area is 97.0 Å². The van der Waals surface area contributed by atoms with E-state index in [9.17, 15) is 4.57 Å². The van der Waals surface area contributed by atoms with Crippen LogP contribution in [0, 0.1) is 0 Å². The van der Waals surface area contributed by atoms with Crippen molar-refractivity contribution in [2.24, 2.45) is 0 Å². The van der Waals surface area contributed by atoms with Crippen molar-refractivity contribution >= 4 is 7.82 Å². The van der Waals surface area contributed by atoms with Gasteiger partial charge in [-0.15, -0.1) is 0 Å². The molecular weight excluding hydrogens is 229 g/mol. The van der Waals surface area contributed by atoms with Crippen molar-refractivity contribution in [3.8, 4) is 0 Å². The molecule has 0 spiro atoms. The Kier molecular flexibility index (Phi) is 3.60. The molecule has 6 heteroatoms. The maximum atomic E-state index is 10.9. The van der Waals surface area contributed by atoms with Gasteiger partial charge in [0.05, 0.1) is 6.10 Å². The first kappa shape index (κ1) is 14.1. The molecular formula is C10H22NO4P. The molecule has 0 bridgehead atoms. The second kappa shape index (κ2) is 4.07. The van der Waals surface area contributed by atoms with Gasteiger partial charge in [-0.25, -0.2) is 4.57 Å². The molecule has 0 aromatic rings. The summed E-state index contributed by atoms with van der Waals surface area (Å²) in [4.78, 5) is 19.9. The molecule has 96 valence electrons. The van der Waals surface area contributed by atoms with Crippen molar-refractivity contribution in [2.45, 2.75) is 57.7 Å². The normalized spacial score (nSPS) is 26.9. The first-order valence-corrected chi connectivity index (χ1v) is 6.95. The molecule has 1 saturated heterocycles. The maximum Gasteiger partial charge on any atom is 0.469 e. The van der Waals surface area contributed by atoms with Crippen LogP contribution < -0.4 is 0 Å². The lowest BCUT2D eigenvalue weighted by Crippen LogP contribution is -2.60. The van der Waals surface area contributed by atoms with Gasteiger partial charge in [0.1, 0.15) is 0 Å². The van der Waals surface area contributed by atoms with Gasteiger partial charge >= 0.3 is 7.82 Å². The number of hydrogen-bond acceptors (Lipinski definition) is 3. The molecule has 2 N–H and O–H groups in total. The average Bonchev–Trinajstić information content (AvgIpc) is 1.95. The van der Waals surface area contributed by atoms with Crippen molar-refractivity contribution in [1.29, 1.82) is 0 Å². The van der Waals surface area contributed by atoms with Gasteiger partial charge in [-0.2, -0.15) is 0 Å². The lowest BCUT2D eigenvalue weighted by molar-refractivity contribution is -0.0618. The summed E-state index contributed by atoms with van der Waals surface area (Å²) >= 11 is 0. The first-order valence-electron chi connectivity index (χ1n) is 5.42. The predicted octanol–water partition coefficient (Wildman–Crippen LogP) is 1.75. The number of phosphoric acid groups is 1. The smallest absolute Gasteiger partial charge is 0.303 e. The zero-order chi connectivity index (χ0) is 12.8. The van der Waals surface area contributed by atoms with Gasteiger partial charge in [-0.1, -0.05) is 0 Å². The molecule has 1 aliphatic heterocycles. The van der Waals surface area contributed by atoms with E-state index in [0.29, 0.717) is 12.8 Å². The van der Waals surface area contributed by atoms with Crippen molar-refractivity contribution in [2.75, 3.05) is 7.05 Å². The molecule has 16 heavy (non-hydrogen) atoms. The number of likely N-dealkylation sites (tertiary alicyclic amines) is 1. The Morgan fingerprint density at radius 2 is 1.56 bits per heavy atom. The molecule has 0 aromatic carbocycles. The molecule has 5 nitrogen and oxygen atoms in total. The number of nitrogens with zero attached hydrogens (tertiary/aromatic N) is 1. The SMILES string of the molecule is CN1C(C)(C)CC(OP(=O)(O)O)CC1(C)C. The van der Waals surface area contributed by atoms with Crippen molar-refractivity contribution in [3.63, 3.8) is 0 Å². The minimum Gasteiger partial charge on any atom is -0.303 e. The topological polar surface area (TPSA) is 70.0 Å². The van der Waals surface area contributed by atoms with Crippen LogP contribution in [-0.2, 0) is 9.09 Å². The van der Waals surface area contributed by atoms with Crippen LogP contribution in [0.4, 0.5) is 0 Å². The van der Waals surface area contributed by atoms with Crippen molar-refractivity contribution < 1.29 is 18.9 Å². The van der Waals surface area contributed by atoms with E-state index in [2.05, 4.69) is 32.6 Å². The fourth-order valence-corrected chi connectivity index (χ4v) is 3.09. The quantitative estimate of drug-likeness (QED) is 0.732. The molecule has 1 heterocycles. The van der Waals surface area contributed by atoms with E-state index in [-0.39, 0.29) is 17.2 Å². The number of phosphoric ester groups is 1. The fourth-order valence-electron chi connectivity index (χ4n) is 2.55. The highest BCUT2D eigenvalue weighted by Gasteiger charge is 2.44. The maximum absolute atomic E-state index is 10.9. The van der Waals surface area contributed by atoms with Gasteiger partial charge in [0.15, 0.2) is 0 Å². The molecule has 1 aliphatic rings. The minimum absolute atomic E-state index is 0.123. The Bertz CT molecular complexity index is 292. The van der Waals surface area contributed by atoms with Crippen LogP contribution >= 0.6 is 7.82 Å². The highest BCUT2D eigenvalue weighted by atomic mass is 31.2. The Morgan fingerprint density at radius 1 is 1.19 bits per heavy atom. The van der Waals surface area contributed by atoms with Crippen LogP contribution in [0.1, 0.15) is 40.5 Å². The average molecular weight is 251 g/mol. The largest absolute Gasteiger partial charge is 0.469 e. The summed E-state index contributed by atoms with van der Waals surface area (Å²) < 4.78 is 15.7. The van der Waals surface area contributed by atoms with Crippen LogP contribution in [0.3, 0.4) is 0 Å². The Morgan fingerprint density at radius 3 is 1.88 bits per heavy atom. The summed E-state index contributed by atoms with van der Waals surface area (Å²) in [7, 11) is -2.35. The summed E-state index contributed by atoms with van der Waals surface area (Å²) in [5.41, 5.74) is -0.247. The van der Waals surface area contributed by atoms with Gasteiger partial charge in [-0.3, -0.25) is 9.42 Å². The summed E-state index contributed by atoms with van der Waals surface area (Å²) in [6, 6.07) is 0. The summed E-state index contributed by atoms with van der Waals surface area (Å²) in [5, 5.41) is 0. The van der Waals surface area contributed by atoms with Crippen LogP contribution in [0.25, 0.3) is 0 Å². The molecule has 0 atom stereocenters. The van der Waals surface area contributed by atoms with Gasteiger partial charge in [0.25, 0.3) is 0 Å². The molecule has 1 rings (SSSR count). The Balaban J connectivity index is 2.83. The fraction of sp³-hybridized carbons (Fsp3) is 1.00. The molecule has 0 aromatic heterocycles. The van der Waals surface area contributed by atoms with E-state index in [0.717, 1.165) is 0 Å². The molecule has 0 aliphatic carbocycles. The standard InChI is InChI=1S/C10H22NO4P/c1-9(2)6-8(15-16(12,13)14)7-10(3,4)11(9)5/h8H,6-7H2,1-5H3,(H2,12,13,14). The van der Waals surface area contributed by atoms with Crippen LogP contribution in [0.15, 0.2) is 0 Å². The minimum atomic E-state index is -4.39. The van der Waals surface area contributed by atoms with E-state index in [4.69, 9.17) is 14.3 Å². The molecule has 0 amide bonds. The van der Waals surface area contributed by atoms with Crippen LogP contribution in [-0.4, -0.2) is 38.9 Å². The Hall–Kier alpha value is 0.0700. The van der Waals surface area contributed by atoms with Gasteiger partial charge < -0.3 is 9.79 Å². The van der Waals surface area contributed by atoms with Gasteiger partial charge in [-0.05, 0) is 47.6 Å². The number of hydrogen-bond donors (Lipinski definition) is 2. The second-order valence-corrected chi connectivity index (χ2v) is 7.00. The lowest BCUT2D eigenvalue weighted by atomic mass is 9.79. The van der Waals surface area contributed by atoms with E-state index in [1.165, 1.54) is 0 Å². The third-order valence-corrected chi connectivity index (χ3v) is 4.13. The van der Waals surface area contributed by atoms with Gasteiger partial charge in [0.2, 0.25) is 0 Å². The zero-order valence-corrected chi connectivity index (χ0v) is 11.5. The summed E-state index contributed by atoms with van der Waals surface area (Å²) in [6.07, 6.45) is 0.859.